The Hall–Kier alpha value is -3.35. The number of aliphatic hydroxyl groups excluding tert-OH is 7. The maximum atomic E-state index is 14.0. The smallest absolute Gasteiger partial charge is 0.335 e. The molecule has 0 radical (unpaired) electrons. The van der Waals surface area contributed by atoms with Crippen molar-refractivity contribution in [2.75, 3.05) is 19.8 Å². The van der Waals surface area contributed by atoms with Gasteiger partial charge in [0.05, 0.1) is 37.3 Å². The predicted molar refractivity (Wildman–Crippen MR) is 251 cm³/mol. The number of esters is 4. The van der Waals surface area contributed by atoms with Gasteiger partial charge in [-0.2, -0.15) is 0 Å². The van der Waals surface area contributed by atoms with E-state index in [0.717, 1.165) is 5.57 Å². The molecule has 21 nitrogen and oxygen atoms in total. The van der Waals surface area contributed by atoms with Crippen molar-refractivity contribution in [1.82, 2.24) is 0 Å². The van der Waals surface area contributed by atoms with Gasteiger partial charge in [0.2, 0.25) is 0 Å². The van der Waals surface area contributed by atoms with Crippen LogP contribution in [-0.4, -0.2) is 176 Å². The van der Waals surface area contributed by atoms with Gasteiger partial charge in [-0.15, -0.1) is 0 Å². The normalized spacial score (nSPS) is 47.4. The molecule has 73 heavy (non-hydrogen) atoms. The molecule has 0 spiro atoms. The van der Waals surface area contributed by atoms with E-state index in [2.05, 4.69) is 19.9 Å². The molecule has 21 heteroatoms. The minimum atomic E-state index is -2.01. The molecule has 0 aromatic carbocycles. The monoisotopic (exact) mass is 1040 g/mol. The Kier molecular flexibility index (Phi) is 16.1. The first kappa shape index (κ1) is 57.4. The van der Waals surface area contributed by atoms with E-state index in [0.29, 0.717) is 32.1 Å². The largest absolute Gasteiger partial charge is 0.479 e. The Morgan fingerprint density at radius 3 is 1.90 bits per heavy atom. The Bertz CT molecular complexity index is 2130. The number of carboxylic acids is 1. The summed E-state index contributed by atoms with van der Waals surface area (Å²) in [5.74, 6) is -6.13. The van der Waals surface area contributed by atoms with Crippen molar-refractivity contribution in [3.63, 3.8) is 0 Å². The lowest BCUT2D eigenvalue weighted by atomic mass is 9.32. The van der Waals surface area contributed by atoms with Gasteiger partial charge in [0.25, 0.3) is 0 Å². The molecule has 2 saturated heterocycles. The van der Waals surface area contributed by atoms with Crippen LogP contribution < -0.4 is 0 Å². The van der Waals surface area contributed by atoms with Gasteiger partial charge in [-0.25, -0.2) is 4.79 Å². The molecular formula is C52H80O21. The number of rotatable bonds is 13. The first-order valence-corrected chi connectivity index (χ1v) is 25.8. The Morgan fingerprint density at radius 2 is 1.33 bits per heavy atom. The lowest BCUT2D eigenvalue weighted by Gasteiger charge is -2.73. The summed E-state index contributed by atoms with van der Waals surface area (Å²) >= 11 is 0. The van der Waals surface area contributed by atoms with Crippen LogP contribution in [0.15, 0.2) is 11.6 Å². The van der Waals surface area contributed by atoms with E-state index in [1.807, 2.05) is 34.6 Å². The van der Waals surface area contributed by atoms with Crippen LogP contribution in [0.25, 0.3) is 0 Å². The van der Waals surface area contributed by atoms with Crippen LogP contribution in [0.5, 0.6) is 0 Å². The second kappa shape index (κ2) is 20.5. The summed E-state index contributed by atoms with van der Waals surface area (Å²) < 4.78 is 48.7. The number of hydrogen-bond donors (Lipinski definition) is 8. The van der Waals surface area contributed by atoms with Gasteiger partial charge in [0, 0.05) is 37.0 Å². The Morgan fingerprint density at radius 1 is 0.726 bits per heavy atom. The van der Waals surface area contributed by atoms with Crippen LogP contribution in [0.2, 0.25) is 0 Å². The average Bonchev–Trinajstić information content (AvgIpc) is 3.31. The fourth-order valence-corrected chi connectivity index (χ4v) is 15.3. The van der Waals surface area contributed by atoms with Crippen LogP contribution in [-0.2, 0) is 61.9 Å². The summed E-state index contributed by atoms with van der Waals surface area (Å²) in [6.07, 6.45) is -17.3. The highest BCUT2D eigenvalue weighted by molar-refractivity contribution is 5.74. The van der Waals surface area contributed by atoms with E-state index in [4.69, 9.17) is 37.9 Å². The van der Waals surface area contributed by atoms with Crippen molar-refractivity contribution >= 4 is 29.8 Å². The molecule has 0 bridgehead atoms. The molecule has 0 aromatic rings. The minimum Gasteiger partial charge on any atom is -0.479 e. The first-order valence-electron chi connectivity index (χ1n) is 25.8. The molecule has 0 amide bonds. The zero-order valence-electron chi connectivity index (χ0n) is 43.9. The van der Waals surface area contributed by atoms with Crippen LogP contribution in [0.3, 0.4) is 0 Å². The third-order valence-electron chi connectivity index (χ3n) is 19.4. The van der Waals surface area contributed by atoms with Gasteiger partial charge < -0.3 is 78.7 Å². The molecule has 7 aliphatic rings. The van der Waals surface area contributed by atoms with Crippen molar-refractivity contribution in [2.24, 2.45) is 56.2 Å². The molecule has 4 saturated carbocycles. The second-order valence-corrected chi connectivity index (χ2v) is 23.9. The maximum Gasteiger partial charge on any atom is 0.335 e. The summed E-state index contributed by atoms with van der Waals surface area (Å²) in [5, 5.41) is 87.4. The molecule has 414 valence electrons. The number of allylic oxidation sites excluding steroid dienone is 1. The summed E-state index contributed by atoms with van der Waals surface area (Å²) in [4.78, 5) is 66.5. The summed E-state index contributed by atoms with van der Waals surface area (Å²) in [5.41, 5.74) is -5.37. The standard InChI is InChI=1S/C52H80O21/c1-12-23(2)44(65)73-41-39(67-24(3)55)47(6,7)19-28-27-13-14-31-48(8)17-16-32(70-46-36(62)37(35(61)38(72-46)43(63)64)71-45-34(60)33(59)29(58)20-66-45)49(9,21-53)30(48)15-18-50(31,10)51(27,11)40(68-25(4)56)42(69-26(5)57)52(28,41)22-54/h13,23,28-42,45-46,53-54,58-62H,12,14-22H2,1-11H3,(H,63,64). The number of aliphatic carboxylic acids is 1. The summed E-state index contributed by atoms with van der Waals surface area (Å²) in [6.45, 7) is 17.6. The predicted octanol–water partition coefficient (Wildman–Crippen LogP) is 1.69. The highest BCUT2D eigenvalue weighted by Gasteiger charge is 2.78. The van der Waals surface area contributed by atoms with Crippen LogP contribution >= 0.6 is 0 Å². The van der Waals surface area contributed by atoms with Crippen molar-refractivity contribution in [3.8, 4) is 0 Å². The van der Waals surface area contributed by atoms with Crippen LogP contribution in [0.4, 0.5) is 0 Å². The minimum absolute atomic E-state index is 0.224. The lowest BCUT2D eigenvalue weighted by molar-refractivity contribution is -0.358. The van der Waals surface area contributed by atoms with E-state index in [1.54, 1.807) is 6.92 Å². The SMILES string of the molecule is CCC(C)C(=O)OC1C(OC(C)=O)C(C)(C)CC2C3=CCC4C5(C)CCC(OC6OC(C(=O)O)C(O)C(OC7OCC(O)C(O)C7O)C6O)C(C)(CO)C5CCC4(C)C3(C)C(OC(C)=O)C(OC(C)=O)C21CO. The third kappa shape index (κ3) is 9.14. The molecule has 2 heterocycles. The first-order chi connectivity index (χ1) is 34.0. The van der Waals surface area contributed by atoms with E-state index in [-0.39, 0.29) is 24.7 Å². The highest BCUT2D eigenvalue weighted by atomic mass is 16.7. The van der Waals surface area contributed by atoms with Gasteiger partial charge in [-0.1, -0.05) is 67.0 Å². The summed E-state index contributed by atoms with van der Waals surface area (Å²) in [6, 6.07) is 0. The average molecular weight is 1040 g/mol. The van der Waals surface area contributed by atoms with Crippen LogP contribution in [0.1, 0.15) is 121 Å². The van der Waals surface area contributed by atoms with Crippen molar-refractivity contribution in [1.29, 1.82) is 0 Å². The van der Waals surface area contributed by atoms with Crippen LogP contribution in [0, 0.1) is 56.2 Å². The number of carbonyl (C=O) groups is 5. The third-order valence-corrected chi connectivity index (χ3v) is 19.4. The number of carboxylic acid groups (broad SMARTS) is 1. The number of fused-ring (bicyclic) bond motifs is 7. The Labute approximate surface area is 426 Å². The molecule has 6 fully saturated rings. The van der Waals surface area contributed by atoms with E-state index < -0.39 is 180 Å². The zero-order valence-corrected chi connectivity index (χ0v) is 43.9. The van der Waals surface area contributed by atoms with E-state index >= 15 is 0 Å². The lowest BCUT2D eigenvalue weighted by Crippen LogP contribution is -2.77. The second-order valence-electron chi connectivity index (χ2n) is 23.9. The van der Waals surface area contributed by atoms with Gasteiger partial charge in [0.15, 0.2) is 30.9 Å². The molecule has 5 aliphatic carbocycles. The molecule has 23 atom stereocenters. The van der Waals surface area contributed by atoms with E-state index in [1.165, 1.54) is 20.8 Å². The fraction of sp³-hybridized carbons (Fsp3) is 0.865. The maximum absolute atomic E-state index is 14.0. The molecule has 2 aliphatic heterocycles. The quantitative estimate of drug-likeness (QED) is 0.0563. The van der Waals surface area contributed by atoms with E-state index in [9.17, 15) is 64.8 Å². The van der Waals surface area contributed by atoms with Crippen molar-refractivity contribution < 1.29 is 103 Å². The van der Waals surface area contributed by atoms with Gasteiger partial charge in [-0.3, -0.25) is 19.2 Å². The number of carbonyl (C=O) groups excluding carboxylic acids is 4. The number of ether oxygens (including phenoxy) is 8. The summed E-state index contributed by atoms with van der Waals surface area (Å²) in [7, 11) is 0. The molecule has 23 unspecified atom stereocenters. The topological polar surface area (TPSA) is 321 Å². The van der Waals surface area contributed by atoms with Gasteiger partial charge in [-0.05, 0) is 73.5 Å². The molecular weight excluding hydrogens is 961 g/mol. The molecule has 7 rings (SSSR count). The number of aliphatic hydroxyl groups is 7. The zero-order chi connectivity index (χ0) is 54.3. The van der Waals surface area contributed by atoms with Crippen molar-refractivity contribution in [3.05, 3.63) is 11.6 Å². The number of hydrogen-bond acceptors (Lipinski definition) is 20. The Balaban J connectivity index is 1.29. The fourth-order valence-electron chi connectivity index (χ4n) is 15.3. The molecule has 0 aromatic heterocycles. The van der Waals surface area contributed by atoms with Crippen molar-refractivity contribution in [2.45, 2.75) is 207 Å². The molecule has 8 N–H and O–H groups in total. The van der Waals surface area contributed by atoms with Gasteiger partial charge >= 0.3 is 29.8 Å². The van der Waals surface area contributed by atoms with Gasteiger partial charge in [0.1, 0.15) is 48.8 Å². The highest BCUT2D eigenvalue weighted by Crippen LogP contribution is 2.77.